The van der Waals surface area contributed by atoms with Crippen molar-refractivity contribution >= 4 is 16.8 Å². The van der Waals surface area contributed by atoms with Crippen LogP contribution in [0, 0.1) is 0 Å². The second-order valence-electron chi connectivity index (χ2n) is 6.82. The van der Waals surface area contributed by atoms with Crippen molar-refractivity contribution in [2.24, 2.45) is 5.73 Å². The zero-order valence-corrected chi connectivity index (χ0v) is 14.9. The topological polar surface area (TPSA) is 89.5 Å². The summed E-state index contributed by atoms with van der Waals surface area (Å²) in [7, 11) is 0. The lowest BCUT2D eigenvalue weighted by molar-refractivity contribution is 0.0706. The molecule has 3 aromatic rings. The minimum atomic E-state index is -0.529. The van der Waals surface area contributed by atoms with Crippen LogP contribution in [0.1, 0.15) is 29.8 Å². The molecule has 6 nitrogen and oxygen atoms in total. The molecule has 136 valence electrons. The third-order valence-corrected chi connectivity index (χ3v) is 4.34. The van der Waals surface area contributed by atoms with Gasteiger partial charge in [-0.05, 0) is 55.1 Å². The number of fused-ring (bicyclic) bond motifs is 1. The number of carbonyl (C=O) groups is 1. The van der Waals surface area contributed by atoms with Crippen molar-refractivity contribution in [2.75, 3.05) is 6.61 Å². The molecule has 0 unspecified atom stereocenters. The summed E-state index contributed by atoms with van der Waals surface area (Å²) in [6.07, 6.45) is 1.95. The average Bonchev–Trinajstić information content (AvgIpc) is 3.03. The van der Waals surface area contributed by atoms with E-state index in [1.54, 1.807) is 17.6 Å². The Bertz CT molecular complexity index is 908. The molecule has 0 radical (unpaired) electrons. The molecule has 1 amide bonds. The molecule has 1 heterocycles. The van der Waals surface area contributed by atoms with Gasteiger partial charge in [-0.3, -0.25) is 10.0 Å². The lowest BCUT2D eigenvalue weighted by Crippen LogP contribution is -2.28. The molecule has 0 aliphatic carbocycles. The van der Waals surface area contributed by atoms with Gasteiger partial charge in [-0.15, -0.1) is 0 Å². The van der Waals surface area contributed by atoms with Gasteiger partial charge in [-0.2, -0.15) is 0 Å². The first kappa shape index (κ1) is 18.0. The summed E-state index contributed by atoms with van der Waals surface area (Å²) in [5, 5.41) is 9.81. The number of ether oxygens (including phenoxy) is 1. The van der Waals surface area contributed by atoms with Crippen molar-refractivity contribution < 1.29 is 14.7 Å². The number of nitrogens with zero attached hydrogens (tertiary/aromatic N) is 1. The lowest BCUT2D eigenvalue weighted by atomic mass is 9.96. The van der Waals surface area contributed by atoms with Crippen LogP contribution in [0.25, 0.3) is 10.9 Å². The van der Waals surface area contributed by atoms with Gasteiger partial charge in [-0.1, -0.05) is 18.2 Å². The number of hydrogen-bond donors (Lipinski definition) is 3. The second-order valence-corrected chi connectivity index (χ2v) is 6.82. The van der Waals surface area contributed by atoms with E-state index < -0.39 is 5.91 Å². The summed E-state index contributed by atoms with van der Waals surface area (Å²) < 4.78 is 7.83. The number of nitrogens with one attached hydrogen (secondary N) is 1. The van der Waals surface area contributed by atoms with E-state index in [0.29, 0.717) is 18.7 Å². The molecule has 0 bridgehead atoms. The molecule has 1 aromatic heterocycles. The van der Waals surface area contributed by atoms with E-state index in [4.69, 9.17) is 15.7 Å². The molecule has 26 heavy (non-hydrogen) atoms. The standard InChI is InChI=1S/C20H23N3O3/c1-20(2,21)16-5-7-17(8-6-16)26-12-11-23-10-9-14-3-4-15(13-18(14)23)19(24)22-25/h3-10,13,25H,11-12,21H2,1-2H3,(H,22,24). The molecule has 0 atom stereocenters. The first-order chi connectivity index (χ1) is 12.4. The maximum atomic E-state index is 11.6. The molecule has 0 aliphatic rings. The third-order valence-electron chi connectivity index (χ3n) is 4.34. The molecule has 6 heteroatoms. The van der Waals surface area contributed by atoms with Crippen molar-refractivity contribution in [3.05, 3.63) is 65.9 Å². The fraction of sp³-hybridized carbons (Fsp3) is 0.250. The number of aromatic nitrogens is 1. The van der Waals surface area contributed by atoms with Crippen LogP contribution in [0.3, 0.4) is 0 Å². The van der Waals surface area contributed by atoms with Crippen molar-refractivity contribution in [3.63, 3.8) is 0 Å². The summed E-state index contributed by atoms with van der Waals surface area (Å²) >= 11 is 0. The highest BCUT2D eigenvalue weighted by Crippen LogP contribution is 2.21. The molecule has 0 fully saturated rings. The number of rotatable bonds is 6. The maximum Gasteiger partial charge on any atom is 0.274 e. The van der Waals surface area contributed by atoms with Gasteiger partial charge in [0.05, 0.1) is 6.54 Å². The Kier molecular flexibility index (Phi) is 4.97. The lowest BCUT2D eigenvalue weighted by Gasteiger charge is -2.19. The summed E-state index contributed by atoms with van der Waals surface area (Å²) in [6, 6.07) is 15.0. The molecular weight excluding hydrogens is 330 g/mol. The molecule has 0 saturated heterocycles. The highest BCUT2D eigenvalue weighted by Gasteiger charge is 2.13. The number of hydrogen-bond acceptors (Lipinski definition) is 4. The molecule has 4 N–H and O–H groups in total. The van der Waals surface area contributed by atoms with E-state index in [1.807, 2.05) is 61.0 Å². The van der Waals surface area contributed by atoms with Crippen LogP contribution in [0.2, 0.25) is 0 Å². The van der Waals surface area contributed by atoms with Crippen LogP contribution in [-0.4, -0.2) is 22.3 Å². The van der Waals surface area contributed by atoms with Gasteiger partial charge in [0, 0.05) is 22.8 Å². The number of benzene rings is 2. The minimum absolute atomic E-state index is 0.374. The highest BCUT2D eigenvalue weighted by molar-refractivity contribution is 5.97. The van der Waals surface area contributed by atoms with Crippen molar-refractivity contribution in [3.8, 4) is 5.75 Å². The smallest absolute Gasteiger partial charge is 0.274 e. The average molecular weight is 353 g/mol. The van der Waals surface area contributed by atoms with E-state index in [9.17, 15) is 4.79 Å². The predicted octanol–water partition coefficient (Wildman–Crippen LogP) is 3.03. The molecule has 3 rings (SSSR count). The Balaban J connectivity index is 1.67. The molecule has 0 aliphatic heterocycles. The van der Waals surface area contributed by atoms with Gasteiger partial charge in [-0.25, -0.2) is 5.48 Å². The maximum absolute atomic E-state index is 11.6. The highest BCUT2D eigenvalue weighted by atomic mass is 16.5. The van der Waals surface area contributed by atoms with Crippen molar-refractivity contribution in [2.45, 2.75) is 25.9 Å². The molecule has 2 aromatic carbocycles. The Hall–Kier alpha value is -2.83. The molecule has 0 saturated carbocycles. The number of carbonyl (C=O) groups excluding carboxylic acids is 1. The van der Waals surface area contributed by atoms with E-state index >= 15 is 0 Å². The van der Waals surface area contributed by atoms with Gasteiger partial charge in [0.25, 0.3) is 5.91 Å². The normalized spacial score (nSPS) is 11.5. The van der Waals surface area contributed by atoms with Crippen molar-refractivity contribution in [1.82, 2.24) is 10.0 Å². The van der Waals surface area contributed by atoms with Crippen LogP contribution in [0.4, 0.5) is 0 Å². The Morgan fingerprint density at radius 1 is 1.19 bits per heavy atom. The number of hydroxylamine groups is 1. The van der Waals surface area contributed by atoms with Crippen LogP contribution in [0.5, 0.6) is 5.75 Å². The second kappa shape index (κ2) is 7.19. The Morgan fingerprint density at radius 2 is 1.92 bits per heavy atom. The first-order valence-corrected chi connectivity index (χ1v) is 8.44. The fourth-order valence-electron chi connectivity index (χ4n) is 2.83. The summed E-state index contributed by atoms with van der Waals surface area (Å²) in [4.78, 5) is 11.6. The monoisotopic (exact) mass is 353 g/mol. The van der Waals surface area contributed by atoms with E-state index in [1.165, 1.54) is 0 Å². The van der Waals surface area contributed by atoms with Gasteiger partial charge in [0.15, 0.2) is 0 Å². The summed E-state index contributed by atoms with van der Waals surface area (Å²) in [6.45, 7) is 5.06. The Labute approximate surface area is 152 Å². The van der Waals surface area contributed by atoms with Crippen LogP contribution < -0.4 is 16.0 Å². The van der Waals surface area contributed by atoms with Gasteiger partial charge in [0.1, 0.15) is 12.4 Å². The fourth-order valence-corrected chi connectivity index (χ4v) is 2.83. The molecular formula is C20H23N3O3. The summed E-state index contributed by atoms with van der Waals surface area (Å²) in [5.74, 6) is 0.258. The van der Waals surface area contributed by atoms with Crippen LogP contribution in [-0.2, 0) is 12.1 Å². The SMILES string of the molecule is CC(C)(N)c1ccc(OCCn2ccc3ccc(C(=O)NO)cc32)cc1. The largest absolute Gasteiger partial charge is 0.492 e. The van der Waals surface area contributed by atoms with Gasteiger partial charge in [0.2, 0.25) is 0 Å². The van der Waals surface area contributed by atoms with Crippen LogP contribution >= 0.6 is 0 Å². The minimum Gasteiger partial charge on any atom is -0.492 e. The third kappa shape index (κ3) is 3.87. The number of nitrogens with two attached hydrogens (primary N) is 1. The van der Waals surface area contributed by atoms with Crippen molar-refractivity contribution in [1.29, 1.82) is 0 Å². The predicted molar refractivity (Wildman–Crippen MR) is 100 cm³/mol. The quantitative estimate of drug-likeness (QED) is 0.469. The van der Waals surface area contributed by atoms with E-state index in [0.717, 1.165) is 22.2 Å². The number of amides is 1. The van der Waals surface area contributed by atoms with E-state index in [2.05, 4.69) is 0 Å². The summed E-state index contributed by atoms with van der Waals surface area (Å²) in [5.41, 5.74) is 9.73. The first-order valence-electron chi connectivity index (χ1n) is 8.44. The van der Waals surface area contributed by atoms with E-state index in [-0.39, 0.29) is 5.54 Å². The van der Waals surface area contributed by atoms with Crippen LogP contribution in [0.15, 0.2) is 54.7 Å². The van der Waals surface area contributed by atoms with Gasteiger partial charge < -0.3 is 15.0 Å². The zero-order chi connectivity index (χ0) is 18.7. The van der Waals surface area contributed by atoms with Gasteiger partial charge >= 0.3 is 0 Å². The molecule has 0 spiro atoms. The Morgan fingerprint density at radius 3 is 2.58 bits per heavy atom. The zero-order valence-electron chi connectivity index (χ0n) is 14.9.